The van der Waals surface area contributed by atoms with Crippen LogP contribution in [0.2, 0.25) is 0 Å². The number of hydrogen-bond donors (Lipinski definition) is 1. The Kier molecular flexibility index (Phi) is 7.11. The lowest BCUT2D eigenvalue weighted by atomic mass is 9.86. The summed E-state index contributed by atoms with van der Waals surface area (Å²) in [7, 11) is 0. The molecule has 1 saturated carbocycles. The first kappa shape index (κ1) is 15.9. The van der Waals surface area contributed by atoms with Crippen molar-refractivity contribution in [3.05, 3.63) is 0 Å². The Morgan fingerprint density at radius 2 is 2.28 bits per heavy atom. The lowest BCUT2D eigenvalue weighted by Gasteiger charge is -2.29. The van der Waals surface area contributed by atoms with Crippen LogP contribution in [0.5, 0.6) is 0 Å². The van der Waals surface area contributed by atoms with E-state index in [1.807, 2.05) is 0 Å². The summed E-state index contributed by atoms with van der Waals surface area (Å²) in [5, 5.41) is 12.9. The third kappa shape index (κ3) is 4.17. The van der Waals surface area contributed by atoms with Crippen LogP contribution >= 0.6 is 11.8 Å². The van der Waals surface area contributed by atoms with Crippen LogP contribution in [0.15, 0.2) is 0 Å². The van der Waals surface area contributed by atoms with Crippen molar-refractivity contribution in [2.75, 3.05) is 18.1 Å². The number of hydrogen-bond acceptors (Lipinski definition) is 3. The molecule has 0 saturated heterocycles. The van der Waals surface area contributed by atoms with Crippen molar-refractivity contribution in [3.8, 4) is 6.07 Å². The van der Waals surface area contributed by atoms with Crippen LogP contribution in [0, 0.1) is 23.2 Å². The smallest absolute Gasteiger partial charge is 0.109 e. The van der Waals surface area contributed by atoms with E-state index in [1.54, 1.807) is 0 Å². The second kappa shape index (κ2) is 8.07. The van der Waals surface area contributed by atoms with Crippen molar-refractivity contribution in [1.82, 2.24) is 5.32 Å². The van der Waals surface area contributed by atoms with Crippen molar-refractivity contribution in [3.63, 3.8) is 0 Å². The average Bonchev–Trinajstić information content (AvgIpc) is 2.78. The second-order valence-corrected chi connectivity index (χ2v) is 6.73. The fourth-order valence-electron chi connectivity index (χ4n) is 2.83. The van der Waals surface area contributed by atoms with Crippen LogP contribution in [-0.4, -0.2) is 23.6 Å². The van der Waals surface area contributed by atoms with Gasteiger partial charge in [-0.1, -0.05) is 33.6 Å². The van der Waals surface area contributed by atoms with Gasteiger partial charge in [-0.3, -0.25) is 5.32 Å². The number of thioether (sulfide) groups is 1. The molecule has 0 aromatic rings. The fourth-order valence-corrected chi connectivity index (χ4v) is 4.09. The topological polar surface area (TPSA) is 35.8 Å². The Hall–Kier alpha value is -0.200. The van der Waals surface area contributed by atoms with E-state index in [4.69, 9.17) is 0 Å². The zero-order chi connectivity index (χ0) is 13.4. The van der Waals surface area contributed by atoms with Gasteiger partial charge in [-0.2, -0.15) is 17.0 Å². The van der Waals surface area contributed by atoms with Crippen molar-refractivity contribution in [2.45, 2.75) is 58.4 Å². The molecule has 2 nitrogen and oxygen atoms in total. The lowest BCUT2D eigenvalue weighted by Crippen LogP contribution is -2.47. The number of nitrogens with zero attached hydrogens (tertiary/aromatic N) is 1. The summed E-state index contributed by atoms with van der Waals surface area (Å²) in [6.07, 6.45) is 5.95. The lowest BCUT2D eigenvalue weighted by molar-refractivity contribution is 0.317. The Morgan fingerprint density at radius 1 is 1.50 bits per heavy atom. The van der Waals surface area contributed by atoms with E-state index in [9.17, 15) is 5.26 Å². The number of rotatable bonds is 8. The zero-order valence-electron chi connectivity index (χ0n) is 12.2. The summed E-state index contributed by atoms with van der Waals surface area (Å²) in [6.45, 7) is 7.59. The molecule has 0 amide bonds. The van der Waals surface area contributed by atoms with Crippen molar-refractivity contribution in [1.29, 1.82) is 5.26 Å². The largest absolute Gasteiger partial charge is 0.299 e. The van der Waals surface area contributed by atoms with Gasteiger partial charge < -0.3 is 0 Å². The van der Waals surface area contributed by atoms with Gasteiger partial charge in [-0.25, -0.2) is 0 Å². The molecule has 0 aliphatic heterocycles. The molecule has 1 N–H and O–H groups in total. The van der Waals surface area contributed by atoms with E-state index >= 15 is 0 Å². The SMILES string of the molecule is CCNC1(C#N)CCCC1CCSCC(C)CC. The molecule has 1 fully saturated rings. The molecule has 0 heterocycles. The van der Waals surface area contributed by atoms with Crippen molar-refractivity contribution in [2.24, 2.45) is 11.8 Å². The predicted molar refractivity (Wildman–Crippen MR) is 80.8 cm³/mol. The van der Waals surface area contributed by atoms with E-state index in [0.29, 0.717) is 5.92 Å². The summed E-state index contributed by atoms with van der Waals surface area (Å²) in [5.74, 6) is 3.87. The summed E-state index contributed by atoms with van der Waals surface area (Å²) >= 11 is 2.06. The molecule has 1 rings (SSSR count). The quantitative estimate of drug-likeness (QED) is 0.680. The van der Waals surface area contributed by atoms with Gasteiger partial charge in [0.05, 0.1) is 6.07 Å². The first-order valence-electron chi connectivity index (χ1n) is 7.42. The van der Waals surface area contributed by atoms with E-state index in [0.717, 1.165) is 18.9 Å². The molecule has 0 aromatic heterocycles. The third-order valence-electron chi connectivity index (χ3n) is 4.22. The van der Waals surface area contributed by atoms with Gasteiger partial charge in [0, 0.05) is 0 Å². The molecule has 104 valence electrons. The summed E-state index contributed by atoms with van der Waals surface area (Å²) < 4.78 is 0. The van der Waals surface area contributed by atoms with Crippen molar-refractivity contribution < 1.29 is 0 Å². The van der Waals surface area contributed by atoms with Crippen LogP contribution < -0.4 is 5.32 Å². The molecule has 1 aliphatic carbocycles. The minimum Gasteiger partial charge on any atom is -0.299 e. The van der Waals surface area contributed by atoms with Gasteiger partial charge in [0.2, 0.25) is 0 Å². The summed E-state index contributed by atoms with van der Waals surface area (Å²) in [4.78, 5) is 0. The van der Waals surface area contributed by atoms with E-state index in [1.165, 1.54) is 37.2 Å². The van der Waals surface area contributed by atoms with Gasteiger partial charge in [0.15, 0.2) is 0 Å². The van der Waals surface area contributed by atoms with E-state index in [2.05, 4.69) is 43.9 Å². The molecular weight excluding hydrogens is 240 g/mol. The van der Waals surface area contributed by atoms with Gasteiger partial charge in [-0.05, 0) is 49.1 Å². The minimum atomic E-state index is -0.217. The molecule has 3 unspecified atom stereocenters. The van der Waals surface area contributed by atoms with Crippen LogP contribution in [0.25, 0.3) is 0 Å². The highest BCUT2D eigenvalue weighted by atomic mass is 32.2. The monoisotopic (exact) mass is 268 g/mol. The van der Waals surface area contributed by atoms with Gasteiger partial charge >= 0.3 is 0 Å². The van der Waals surface area contributed by atoms with Gasteiger partial charge in [0.1, 0.15) is 5.54 Å². The Balaban J connectivity index is 2.34. The molecule has 0 radical (unpaired) electrons. The molecule has 3 heteroatoms. The van der Waals surface area contributed by atoms with E-state index in [-0.39, 0.29) is 5.54 Å². The molecule has 0 aromatic carbocycles. The fraction of sp³-hybridized carbons (Fsp3) is 0.933. The van der Waals surface area contributed by atoms with Crippen LogP contribution in [-0.2, 0) is 0 Å². The molecule has 18 heavy (non-hydrogen) atoms. The first-order chi connectivity index (χ1) is 8.68. The maximum absolute atomic E-state index is 9.48. The van der Waals surface area contributed by atoms with E-state index < -0.39 is 0 Å². The van der Waals surface area contributed by atoms with Crippen LogP contribution in [0.4, 0.5) is 0 Å². The highest BCUT2D eigenvalue weighted by molar-refractivity contribution is 7.99. The average molecular weight is 268 g/mol. The second-order valence-electron chi connectivity index (χ2n) is 5.58. The van der Waals surface area contributed by atoms with Gasteiger partial charge in [0.25, 0.3) is 0 Å². The van der Waals surface area contributed by atoms with Crippen LogP contribution in [0.1, 0.15) is 52.9 Å². The Labute approximate surface area is 117 Å². The highest BCUT2D eigenvalue weighted by Gasteiger charge is 2.41. The third-order valence-corrected chi connectivity index (χ3v) is 5.55. The molecule has 1 aliphatic rings. The standard InChI is InChI=1S/C15H28N2S/c1-4-13(3)11-18-10-8-14-7-6-9-15(14,12-16)17-5-2/h13-14,17H,4-11H2,1-3H3. The molecule has 3 atom stereocenters. The first-order valence-corrected chi connectivity index (χ1v) is 8.58. The van der Waals surface area contributed by atoms with Gasteiger partial charge in [-0.15, -0.1) is 0 Å². The minimum absolute atomic E-state index is 0.217. The zero-order valence-corrected chi connectivity index (χ0v) is 13.0. The number of nitriles is 1. The number of nitrogens with one attached hydrogen (secondary N) is 1. The predicted octanol–water partition coefficient (Wildman–Crippen LogP) is 3.83. The summed E-state index contributed by atoms with van der Waals surface area (Å²) in [5.41, 5.74) is -0.217. The molecular formula is C15H28N2S. The summed E-state index contributed by atoms with van der Waals surface area (Å²) in [6, 6.07) is 2.57. The normalized spacial score (nSPS) is 29.1. The Bertz CT molecular complexity index is 274. The molecule has 0 bridgehead atoms. The van der Waals surface area contributed by atoms with Crippen molar-refractivity contribution >= 4 is 11.8 Å². The van der Waals surface area contributed by atoms with Crippen LogP contribution in [0.3, 0.4) is 0 Å². The highest BCUT2D eigenvalue weighted by Crippen LogP contribution is 2.38. The molecule has 0 spiro atoms. The maximum atomic E-state index is 9.48. The Morgan fingerprint density at radius 3 is 2.89 bits per heavy atom. The maximum Gasteiger partial charge on any atom is 0.109 e.